The fourth-order valence-electron chi connectivity index (χ4n) is 3.88. The largest absolute Gasteiger partial charge is 0.491 e. The van der Waals surface area contributed by atoms with Crippen molar-refractivity contribution in [1.82, 2.24) is 15.1 Å². The topological polar surface area (TPSA) is 117 Å². The second-order valence-electron chi connectivity index (χ2n) is 9.17. The number of sulfonamides is 1. The molecule has 1 aromatic rings. The van der Waals surface area contributed by atoms with Gasteiger partial charge in [0, 0.05) is 45.8 Å². The third-order valence-corrected chi connectivity index (χ3v) is 7.11. The van der Waals surface area contributed by atoms with Crippen molar-refractivity contribution in [3.8, 4) is 5.75 Å². The SMILES string of the molecule is CCCNC(=O)N1C[C@H](C)[C@H](OC)CN(C)C(=O)c2ccc(NS(=O)(=O)CC(F)(F)F)cc2OC[C@@H]1C. The Morgan fingerprint density at radius 2 is 1.92 bits per heavy atom. The van der Waals surface area contributed by atoms with Crippen molar-refractivity contribution in [3.05, 3.63) is 23.8 Å². The monoisotopic (exact) mass is 552 g/mol. The number of likely N-dealkylation sites (N-methyl/N-ethyl adjacent to an activating group) is 1. The average molecular weight is 553 g/mol. The lowest BCUT2D eigenvalue weighted by molar-refractivity contribution is -0.106. The molecule has 210 valence electrons. The first-order valence-corrected chi connectivity index (χ1v) is 13.5. The van der Waals surface area contributed by atoms with Gasteiger partial charge in [0.1, 0.15) is 12.4 Å². The van der Waals surface area contributed by atoms with E-state index in [1.807, 2.05) is 18.6 Å². The van der Waals surface area contributed by atoms with Crippen LogP contribution < -0.4 is 14.8 Å². The summed E-state index contributed by atoms with van der Waals surface area (Å²) in [6.45, 7) is 6.52. The van der Waals surface area contributed by atoms with Crippen molar-refractivity contribution in [2.45, 2.75) is 45.5 Å². The molecular weight excluding hydrogens is 517 g/mol. The molecule has 14 heteroatoms. The van der Waals surface area contributed by atoms with E-state index >= 15 is 0 Å². The quantitative estimate of drug-likeness (QED) is 0.561. The van der Waals surface area contributed by atoms with Crippen LogP contribution in [0.15, 0.2) is 18.2 Å². The van der Waals surface area contributed by atoms with E-state index in [0.717, 1.165) is 12.5 Å². The van der Waals surface area contributed by atoms with Gasteiger partial charge >= 0.3 is 12.2 Å². The standard InChI is InChI=1S/C23H35F3N4O6S/c1-6-9-27-22(32)30-11-15(2)20(35-5)12-29(4)21(31)18-8-7-17(10-19(18)36-13-16(30)3)28-37(33,34)14-23(24,25)26/h7-8,10,15-16,20,28H,6,9,11-14H2,1-5H3,(H,27,32)/t15-,16-,20+/m0/s1. The molecule has 10 nitrogen and oxygen atoms in total. The predicted molar refractivity (Wildman–Crippen MR) is 132 cm³/mol. The molecule has 0 aliphatic carbocycles. The summed E-state index contributed by atoms with van der Waals surface area (Å²) in [6.07, 6.45) is -4.59. The van der Waals surface area contributed by atoms with Crippen LogP contribution in [0.5, 0.6) is 5.75 Å². The van der Waals surface area contributed by atoms with Crippen LogP contribution in [-0.2, 0) is 14.8 Å². The zero-order valence-electron chi connectivity index (χ0n) is 21.6. The lowest BCUT2D eigenvalue weighted by Crippen LogP contribution is -2.51. The molecule has 0 bridgehead atoms. The van der Waals surface area contributed by atoms with Gasteiger partial charge in [-0.15, -0.1) is 0 Å². The molecule has 1 heterocycles. The molecule has 2 N–H and O–H groups in total. The highest BCUT2D eigenvalue weighted by Crippen LogP contribution is 2.28. The van der Waals surface area contributed by atoms with E-state index in [0.29, 0.717) is 13.1 Å². The number of benzene rings is 1. The number of hydrogen-bond donors (Lipinski definition) is 2. The first kappa shape index (κ1) is 30.5. The number of fused-ring (bicyclic) bond motifs is 1. The van der Waals surface area contributed by atoms with Crippen molar-refractivity contribution in [1.29, 1.82) is 0 Å². The summed E-state index contributed by atoms with van der Waals surface area (Å²) in [4.78, 5) is 29.1. The number of anilines is 1. The summed E-state index contributed by atoms with van der Waals surface area (Å²) in [6, 6.07) is 2.87. The Hall–Kier alpha value is -2.74. The molecule has 0 aromatic heterocycles. The third-order valence-electron chi connectivity index (χ3n) is 5.86. The number of halogens is 3. The van der Waals surface area contributed by atoms with Crippen molar-refractivity contribution >= 4 is 27.6 Å². The van der Waals surface area contributed by atoms with Gasteiger partial charge in [0.15, 0.2) is 5.75 Å². The molecule has 1 aliphatic rings. The van der Waals surface area contributed by atoms with Crippen molar-refractivity contribution in [2.24, 2.45) is 5.92 Å². The van der Waals surface area contributed by atoms with Crippen LogP contribution in [0.2, 0.25) is 0 Å². The number of hydrogen-bond acceptors (Lipinski definition) is 6. The summed E-state index contributed by atoms with van der Waals surface area (Å²) >= 11 is 0. The van der Waals surface area contributed by atoms with Gasteiger partial charge in [-0.1, -0.05) is 13.8 Å². The van der Waals surface area contributed by atoms with Crippen LogP contribution >= 0.6 is 0 Å². The summed E-state index contributed by atoms with van der Waals surface area (Å²) in [5, 5.41) is 2.84. The summed E-state index contributed by atoms with van der Waals surface area (Å²) < 4.78 is 75.2. The molecule has 1 aromatic carbocycles. The zero-order chi connectivity index (χ0) is 28.0. The van der Waals surface area contributed by atoms with Gasteiger partial charge in [-0.25, -0.2) is 13.2 Å². The van der Waals surface area contributed by atoms with Gasteiger partial charge in [-0.3, -0.25) is 9.52 Å². The molecule has 0 saturated carbocycles. The summed E-state index contributed by atoms with van der Waals surface area (Å²) in [5.74, 6) is -2.68. The Morgan fingerprint density at radius 3 is 2.51 bits per heavy atom. The number of carbonyl (C=O) groups excluding carboxylic acids is 2. The Bertz CT molecular complexity index is 1050. The first-order chi connectivity index (χ1) is 17.2. The van der Waals surface area contributed by atoms with Crippen LogP contribution in [0.3, 0.4) is 0 Å². The molecule has 2 rings (SSSR count). The van der Waals surface area contributed by atoms with Crippen LogP contribution in [0.25, 0.3) is 0 Å². The maximum absolute atomic E-state index is 13.2. The van der Waals surface area contributed by atoms with E-state index in [4.69, 9.17) is 9.47 Å². The Kier molecular flexibility index (Phi) is 10.4. The minimum Gasteiger partial charge on any atom is -0.491 e. The van der Waals surface area contributed by atoms with Crippen LogP contribution in [0.1, 0.15) is 37.6 Å². The highest BCUT2D eigenvalue weighted by atomic mass is 32.2. The Balaban J connectivity index is 2.45. The van der Waals surface area contributed by atoms with E-state index < -0.39 is 40.0 Å². The molecule has 0 radical (unpaired) electrons. The highest BCUT2D eigenvalue weighted by molar-refractivity contribution is 7.92. The van der Waals surface area contributed by atoms with E-state index in [-0.39, 0.29) is 42.1 Å². The Labute approximate surface area is 215 Å². The van der Waals surface area contributed by atoms with Crippen LogP contribution in [0, 0.1) is 5.92 Å². The van der Waals surface area contributed by atoms with Crippen molar-refractivity contribution in [3.63, 3.8) is 0 Å². The number of nitrogens with zero attached hydrogens (tertiary/aromatic N) is 2. The number of nitrogens with one attached hydrogen (secondary N) is 2. The fraction of sp³-hybridized carbons (Fsp3) is 0.652. The number of ether oxygens (including phenoxy) is 2. The van der Waals surface area contributed by atoms with Crippen molar-refractivity contribution < 1.29 is 40.7 Å². The average Bonchev–Trinajstić information content (AvgIpc) is 2.79. The van der Waals surface area contributed by atoms with Gasteiger partial charge in [0.25, 0.3) is 5.91 Å². The molecule has 1 aliphatic heterocycles. The number of amides is 3. The summed E-state index contributed by atoms with van der Waals surface area (Å²) in [5.41, 5.74) is -0.113. The smallest absolute Gasteiger partial charge is 0.404 e. The molecule has 37 heavy (non-hydrogen) atoms. The van der Waals surface area contributed by atoms with Crippen molar-refractivity contribution in [2.75, 3.05) is 50.9 Å². The van der Waals surface area contributed by atoms with Gasteiger partial charge in [-0.05, 0) is 25.5 Å². The number of rotatable bonds is 6. The minimum atomic E-state index is -4.93. The first-order valence-electron chi connectivity index (χ1n) is 11.8. The van der Waals surface area contributed by atoms with Gasteiger partial charge in [-0.2, -0.15) is 13.2 Å². The number of methoxy groups -OCH3 is 1. The maximum Gasteiger partial charge on any atom is 0.404 e. The Morgan fingerprint density at radius 1 is 1.24 bits per heavy atom. The second-order valence-corrected chi connectivity index (χ2v) is 10.9. The van der Waals surface area contributed by atoms with E-state index in [1.165, 1.54) is 24.1 Å². The molecule has 3 amide bonds. The van der Waals surface area contributed by atoms with Gasteiger partial charge < -0.3 is 24.6 Å². The van der Waals surface area contributed by atoms with Crippen LogP contribution in [-0.4, -0.2) is 94.6 Å². The normalized spacial score (nSPS) is 21.8. The van der Waals surface area contributed by atoms with E-state index in [1.54, 1.807) is 18.9 Å². The highest BCUT2D eigenvalue weighted by Gasteiger charge is 2.35. The fourth-order valence-corrected chi connectivity index (χ4v) is 4.87. The van der Waals surface area contributed by atoms with E-state index in [9.17, 15) is 31.2 Å². The molecule has 0 spiro atoms. The molecular formula is C23H35F3N4O6S. The third kappa shape index (κ3) is 8.95. The molecule has 0 saturated heterocycles. The molecule has 3 atom stereocenters. The number of urea groups is 1. The number of alkyl halides is 3. The van der Waals surface area contributed by atoms with E-state index in [2.05, 4.69) is 5.32 Å². The lowest BCUT2D eigenvalue weighted by Gasteiger charge is -2.36. The lowest BCUT2D eigenvalue weighted by atomic mass is 10.0. The minimum absolute atomic E-state index is 0.0348. The zero-order valence-corrected chi connectivity index (χ0v) is 22.4. The summed E-state index contributed by atoms with van der Waals surface area (Å²) in [7, 11) is -1.66. The second kappa shape index (κ2) is 12.7. The van der Waals surface area contributed by atoms with Crippen LogP contribution in [0.4, 0.5) is 23.7 Å². The number of carbonyl (C=O) groups is 2. The predicted octanol–water partition coefficient (Wildman–Crippen LogP) is 2.92. The van der Waals surface area contributed by atoms with Gasteiger partial charge in [0.05, 0.1) is 23.4 Å². The maximum atomic E-state index is 13.2. The molecule has 0 unspecified atom stereocenters. The van der Waals surface area contributed by atoms with Gasteiger partial charge in [0.2, 0.25) is 10.0 Å². The molecule has 0 fully saturated rings.